The quantitative estimate of drug-likeness (QED) is 0.665. The van der Waals surface area contributed by atoms with Crippen LogP contribution in [0.25, 0.3) is 0 Å². The van der Waals surface area contributed by atoms with E-state index in [2.05, 4.69) is 49.8 Å². The van der Waals surface area contributed by atoms with Crippen LogP contribution in [0.5, 0.6) is 0 Å². The second kappa shape index (κ2) is 9.19. The Labute approximate surface area is 171 Å². The van der Waals surface area contributed by atoms with Crippen LogP contribution in [-0.4, -0.2) is 29.0 Å². The topological polar surface area (TPSA) is 70.1 Å². The van der Waals surface area contributed by atoms with Crippen LogP contribution in [-0.2, 0) is 6.54 Å². The molecule has 3 aromatic rings. The van der Waals surface area contributed by atoms with Gasteiger partial charge < -0.3 is 15.5 Å². The first-order chi connectivity index (χ1) is 14.3. The molecule has 2 N–H and O–H groups in total. The molecule has 0 unspecified atom stereocenters. The Bertz CT molecular complexity index is 937. The maximum absolute atomic E-state index is 12.5. The lowest BCUT2D eigenvalue weighted by Gasteiger charge is -2.28. The van der Waals surface area contributed by atoms with Gasteiger partial charge in [0.2, 0.25) is 0 Å². The number of pyridine rings is 2. The van der Waals surface area contributed by atoms with Crippen LogP contribution in [0.3, 0.4) is 0 Å². The highest BCUT2D eigenvalue weighted by Crippen LogP contribution is 2.23. The Morgan fingerprint density at radius 2 is 1.69 bits per heavy atom. The van der Waals surface area contributed by atoms with Crippen molar-refractivity contribution in [2.45, 2.75) is 25.8 Å². The zero-order chi connectivity index (χ0) is 19.9. The molecule has 0 atom stereocenters. The Hall–Kier alpha value is -3.41. The van der Waals surface area contributed by atoms with E-state index in [4.69, 9.17) is 0 Å². The molecule has 0 aliphatic carbocycles. The zero-order valence-corrected chi connectivity index (χ0v) is 16.3. The van der Waals surface area contributed by atoms with Crippen molar-refractivity contribution in [3.63, 3.8) is 0 Å². The van der Waals surface area contributed by atoms with Gasteiger partial charge in [0.05, 0.1) is 0 Å². The van der Waals surface area contributed by atoms with Gasteiger partial charge in [0.1, 0.15) is 5.82 Å². The van der Waals surface area contributed by atoms with Gasteiger partial charge in [0.15, 0.2) is 0 Å². The lowest BCUT2D eigenvalue weighted by atomic mass is 10.1. The van der Waals surface area contributed by atoms with Gasteiger partial charge in [-0.25, -0.2) is 4.98 Å². The highest BCUT2D eigenvalue weighted by molar-refractivity contribution is 5.94. The lowest BCUT2D eigenvalue weighted by molar-refractivity contribution is 0.0951. The van der Waals surface area contributed by atoms with Gasteiger partial charge in [-0.3, -0.25) is 9.78 Å². The summed E-state index contributed by atoms with van der Waals surface area (Å²) in [5, 5.41) is 6.21. The first-order valence-electron chi connectivity index (χ1n) is 10.0. The molecular weight excluding hydrogens is 362 g/mol. The minimum atomic E-state index is -0.132. The number of nitrogens with one attached hydrogen (secondary N) is 2. The fourth-order valence-electron chi connectivity index (χ4n) is 3.48. The van der Waals surface area contributed by atoms with E-state index in [-0.39, 0.29) is 5.91 Å². The van der Waals surface area contributed by atoms with Crippen molar-refractivity contribution in [1.82, 2.24) is 15.3 Å². The van der Waals surface area contributed by atoms with E-state index in [1.54, 1.807) is 30.7 Å². The molecule has 148 valence electrons. The summed E-state index contributed by atoms with van der Waals surface area (Å²) in [6, 6.07) is 15.6. The molecule has 4 rings (SSSR count). The fraction of sp³-hybridized carbons (Fsp3) is 0.261. The number of benzene rings is 1. The van der Waals surface area contributed by atoms with Gasteiger partial charge >= 0.3 is 0 Å². The van der Waals surface area contributed by atoms with E-state index < -0.39 is 0 Å². The number of piperidine rings is 1. The van der Waals surface area contributed by atoms with Crippen molar-refractivity contribution in [2.24, 2.45) is 0 Å². The van der Waals surface area contributed by atoms with Crippen LogP contribution in [0.1, 0.15) is 35.2 Å². The number of carbonyl (C=O) groups excluding carboxylic acids is 1. The first-order valence-corrected chi connectivity index (χ1v) is 10.0. The third kappa shape index (κ3) is 5.10. The molecule has 1 aromatic carbocycles. The SMILES string of the molecule is O=C(NCc1ccncc1)c1ccnc(Nc2ccc(N3CCCCC3)cc2)c1. The first kappa shape index (κ1) is 18.9. The number of rotatable bonds is 6. The molecule has 1 amide bonds. The van der Waals surface area contributed by atoms with Crippen molar-refractivity contribution in [1.29, 1.82) is 0 Å². The highest BCUT2D eigenvalue weighted by atomic mass is 16.1. The molecule has 0 saturated carbocycles. The molecule has 29 heavy (non-hydrogen) atoms. The molecule has 3 heterocycles. The summed E-state index contributed by atoms with van der Waals surface area (Å²) in [7, 11) is 0. The summed E-state index contributed by atoms with van der Waals surface area (Å²) in [6.07, 6.45) is 8.93. The van der Waals surface area contributed by atoms with Gasteiger partial charge in [-0.2, -0.15) is 0 Å². The average molecular weight is 387 g/mol. The predicted octanol–water partition coefficient (Wildman–Crippen LogP) is 4.14. The third-order valence-corrected chi connectivity index (χ3v) is 5.09. The van der Waals surface area contributed by atoms with Crippen LogP contribution in [0.15, 0.2) is 67.1 Å². The summed E-state index contributed by atoms with van der Waals surface area (Å²) >= 11 is 0. The van der Waals surface area contributed by atoms with Crippen molar-refractivity contribution >= 4 is 23.1 Å². The van der Waals surface area contributed by atoms with Crippen molar-refractivity contribution < 1.29 is 4.79 Å². The van der Waals surface area contributed by atoms with E-state index in [1.807, 2.05) is 12.1 Å². The zero-order valence-electron chi connectivity index (χ0n) is 16.3. The third-order valence-electron chi connectivity index (χ3n) is 5.09. The van der Waals surface area contributed by atoms with Gasteiger partial charge in [-0.15, -0.1) is 0 Å². The van der Waals surface area contributed by atoms with Crippen LogP contribution in [0.2, 0.25) is 0 Å². The summed E-state index contributed by atoms with van der Waals surface area (Å²) < 4.78 is 0. The van der Waals surface area contributed by atoms with E-state index >= 15 is 0 Å². The van der Waals surface area contributed by atoms with E-state index in [1.165, 1.54) is 24.9 Å². The second-order valence-electron chi connectivity index (χ2n) is 7.19. The maximum Gasteiger partial charge on any atom is 0.251 e. The molecule has 1 aliphatic heterocycles. The number of hydrogen-bond acceptors (Lipinski definition) is 5. The lowest BCUT2D eigenvalue weighted by Crippen LogP contribution is -2.29. The fourth-order valence-corrected chi connectivity index (χ4v) is 3.48. The van der Waals surface area contributed by atoms with Crippen molar-refractivity contribution in [2.75, 3.05) is 23.3 Å². The number of anilines is 3. The molecule has 1 saturated heterocycles. The molecule has 6 nitrogen and oxygen atoms in total. The van der Waals surface area contributed by atoms with E-state index in [9.17, 15) is 4.79 Å². The summed E-state index contributed by atoms with van der Waals surface area (Å²) in [6.45, 7) is 2.72. The maximum atomic E-state index is 12.5. The van der Waals surface area contributed by atoms with Gasteiger partial charge in [-0.05, 0) is 73.4 Å². The number of carbonyl (C=O) groups is 1. The van der Waals surface area contributed by atoms with Crippen molar-refractivity contribution in [3.05, 3.63) is 78.2 Å². The Balaban J connectivity index is 1.37. The monoisotopic (exact) mass is 387 g/mol. The Morgan fingerprint density at radius 1 is 0.931 bits per heavy atom. The van der Waals surface area contributed by atoms with E-state index in [0.717, 1.165) is 24.3 Å². The summed E-state index contributed by atoms with van der Waals surface area (Å²) in [4.78, 5) is 23.2. The summed E-state index contributed by atoms with van der Waals surface area (Å²) in [5.74, 6) is 0.514. The number of nitrogens with zero attached hydrogens (tertiary/aromatic N) is 3. The highest BCUT2D eigenvalue weighted by Gasteiger charge is 2.11. The summed E-state index contributed by atoms with van der Waals surface area (Å²) in [5.41, 5.74) is 3.79. The van der Waals surface area contributed by atoms with Crippen LogP contribution in [0.4, 0.5) is 17.2 Å². The average Bonchev–Trinajstić information content (AvgIpc) is 2.79. The van der Waals surface area contributed by atoms with E-state index in [0.29, 0.717) is 17.9 Å². The predicted molar refractivity (Wildman–Crippen MR) is 115 cm³/mol. The number of aromatic nitrogens is 2. The molecule has 1 aliphatic rings. The number of hydrogen-bond donors (Lipinski definition) is 2. The Morgan fingerprint density at radius 3 is 2.45 bits per heavy atom. The minimum Gasteiger partial charge on any atom is -0.372 e. The smallest absolute Gasteiger partial charge is 0.251 e. The molecule has 1 fully saturated rings. The normalized spacial score (nSPS) is 13.7. The minimum absolute atomic E-state index is 0.132. The molecule has 0 radical (unpaired) electrons. The number of amides is 1. The van der Waals surface area contributed by atoms with Crippen LogP contribution < -0.4 is 15.5 Å². The van der Waals surface area contributed by atoms with Gasteiger partial charge in [0.25, 0.3) is 5.91 Å². The molecular formula is C23H25N5O. The second-order valence-corrected chi connectivity index (χ2v) is 7.19. The van der Waals surface area contributed by atoms with Crippen LogP contribution in [0, 0.1) is 0 Å². The molecule has 2 aromatic heterocycles. The van der Waals surface area contributed by atoms with Gasteiger partial charge in [-0.1, -0.05) is 0 Å². The molecule has 6 heteroatoms. The molecule has 0 spiro atoms. The van der Waals surface area contributed by atoms with Crippen molar-refractivity contribution in [3.8, 4) is 0 Å². The Kier molecular flexibility index (Phi) is 6.00. The van der Waals surface area contributed by atoms with Gasteiger partial charge in [0, 0.05) is 55.2 Å². The largest absolute Gasteiger partial charge is 0.372 e. The standard InChI is InChI=1S/C23H25N5O/c29-23(26-17-18-8-11-24-12-9-18)19-10-13-25-22(16-19)27-20-4-6-21(7-5-20)28-14-2-1-3-15-28/h4-13,16H,1-3,14-15,17H2,(H,25,27)(H,26,29). The van der Waals surface area contributed by atoms with Crippen LogP contribution >= 0.6 is 0 Å². The molecule has 0 bridgehead atoms.